The van der Waals surface area contributed by atoms with Gasteiger partial charge in [0.05, 0.1) is 11.5 Å². The van der Waals surface area contributed by atoms with E-state index in [9.17, 15) is 8.42 Å². The molecule has 0 amide bonds. The van der Waals surface area contributed by atoms with Crippen LogP contribution in [0, 0.1) is 0 Å². The van der Waals surface area contributed by atoms with E-state index in [1.807, 2.05) is 6.92 Å². The van der Waals surface area contributed by atoms with Gasteiger partial charge in [-0.25, -0.2) is 8.42 Å². The van der Waals surface area contributed by atoms with Crippen molar-refractivity contribution < 1.29 is 13.2 Å². The van der Waals surface area contributed by atoms with Crippen molar-refractivity contribution >= 4 is 9.84 Å². The molecule has 0 atom stereocenters. The third-order valence-electron chi connectivity index (χ3n) is 1.54. The lowest BCUT2D eigenvalue weighted by Crippen LogP contribution is -1.98. The van der Waals surface area contributed by atoms with Crippen LogP contribution in [0.15, 0.2) is 29.2 Å². The van der Waals surface area contributed by atoms with Gasteiger partial charge in [-0.1, -0.05) is 6.07 Å². The lowest BCUT2D eigenvalue weighted by Gasteiger charge is -2.03. The highest BCUT2D eigenvalue weighted by Crippen LogP contribution is 2.16. The van der Waals surface area contributed by atoms with E-state index in [0.717, 1.165) is 0 Å². The molecular weight excluding hydrogens is 188 g/mol. The van der Waals surface area contributed by atoms with Gasteiger partial charge in [0, 0.05) is 6.26 Å². The third kappa shape index (κ3) is 2.73. The van der Waals surface area contributed by atoms with Crippen LogP contribution in [0.5, 0.6) is 5.75 Å². The first-order chi connectivity index (χ1) is 6.04. The first-order valence-corrected chi connectivity index (χ1v) is 5.86. The molecule has 1 aromatic carbocycles. The lowest BCUT2D eigenvalue weighted by atomic mass is 10.3. The highest BCUT2D eigenvalue weighted by Gasteiger charge is 2.06. The Labute approximate surface area is 78.3 Å². The minimum Gasteiger partial charge on any atom is -0.494 e. The molecule has 0 radical (unpaired) electrons. The monoisotopic (exact) mass is 200 g/mol. The van der Waals surface area contributed by atoms with Crippen molar-refractivity contribution in [1.82, 2.24) is 0 Å². The molecule has 0 aliphatic rings. The second-order valence-corrected chi connectivity index (χ2v) is 4.70. The standard InChI is InChI=1S/C9H12O3S/c1-3-12-8-5-4-6-9(7-8)13(2,10)11/h4-7H,3H2,1-2H3. The first kappa shape index (κ1) is 10.1. The summed E-state index contributed by atoms with van der Waals surface area (Å²) in [7, 11) is -3.12. The van der Waals surface area contributed by atoms with Crippen molar-refractivity contribution in [3.8, 4) is 5.75 Å². The van der Waals surface area contributed by atoms with Crippen molar-refractivity contribution in [2.45, 2.75) is 11.8 Å². The predicted molar refractivity (Wildman–Crippen MR) is 50.7 cm³/mol. The topological polar surface area (TPSA) is 43.4 Å². The summed E-state index contributed by atoms with van der Waals surface area (Å²) in [6.07, 6.45) is 1.18. The number of hydrogen-bond donors (Lipinski definition) is 0. The van der Waals surface area contributed by atoms with Crippen LogP contribution in [0.2, 0.25) is 0 Å². The summed E-state index contributed by atoms with van der Waals surface area (Å²) in [6.45, 7) is 2.39. The molecule has 0 saturated carbocycles. The van der Waals surface area contributed by atoms with Gasteiger partial charge in [-0.2, -0.15) is 0 Å². The largest absolute Gasteiger partial charge is 0.494 e. The third-order valence-corrected chi connectivity index (χ3v) is 2.65. The molecule has 3 nitrogen and oxygen atoms in total. The van der Waals surface area contributed by atoms with Gasteiger partial charge in [0.25, 0.3) is 0 Å². The summed E-state index contributed by atoms with van der Waals surface area (Å²) in [5.41, 5.74) is 0. The Kier molecular flexibility index (Phi) is 2.93. The van der Waals surface area contributed by atoms with Gasteiger partial charge in [0.1, 0.15) is 5.75 Å². The first-order valence-electron chi connectivity index (χ1n) is 3.97. The molecule has 1 rings (SSSR count). The van der Waals surface area contributed by atoms with Crippen molar-refractivity contribution in [2.75, 3.05) is 12.9 Å². The Morgan fingerprint density at radius 1 is 1.38 bits per heavy atom. The normalized spacial score (nSPS) is 11.2. The fraction of sp³-hybridized carbons (Fsp3) is 0.333. The van der Waals surface area contributed by atoms with Crippen LogP contribution in [0.3, 0.4) is 0 Å². The second-order valence-electron chi connectivity index (χ2n) is 2.68. The zero-order valence-corrected chi connectivity index (χ0v) is 8.47. The Morgan fingerprint density at radius 2 is 2.08 bits per heavy atom. The molecule has 0 spiro atoms. The Bertz CT molecular complexity index is 382. The number of ether oxygens (including phenoxy) is 1. The summed E-state index contributed by atoms with van der Waals surface area (Å²) in [6, 6.07) is 6.48. The van der Waals surface area contributed by atoms with Gasteiger partial charge in [-0.15, -0.1) is 0 Å². The van der Waals surface area contributed by atoms with Crippen LogP contribution >= 0.6 is 0 Å². The second kappa shape index (κ2) is 3.79. The molecule has 0 saturated heterocycles. The van der Waals surface area contributed by atoms with E-state index < -0.39 is 9.84 Å². The molecule has 0 fully saturated rings. The van der Waals surface area contributed by atoms with Gasteiger partial charge in [-0.05, 0) is 25.1 Å². The zero-order chi connectivity index (χ0) is 9.90. The SMILES string of the molecule is CCOc1cccc(S(C)(=O)=O)c1. The highest BCUT2D eigenvalue weighted by molar-refractivity contribution is 7.90. The maximum atomic E-state index is 11.1. The molecule has 0 heterocycles. The van der Waals surface area contributed by atoms with Crippen molar-refractivity contribution in [1.29, 1.82) is 0 Å². The Hall–Kier alpha value is -1.03. The van der Waals surface area contributed by atoms with Gasteiger partial charge in [-0.3, -0.25) is 0 Å². The fourth-order valence-electron chi connectivity index (χ4n) is 0.961. The molecule has 1 aromatic rings. The van der Waals surface area contributed by atoms with Crippen LogP contribution < -0.4 is 4.74 Å². The summed E-state index contributed by atoms with van der Waals surface area (Å²) in [4.78, 5) is 0.290. The molecule has 4 heteroatoms. The Balaban J connectivity index is 3.06. The summed E-state index contributed by atoms with van der Waals surface area (Å²) >= 11 is 0. The fourth-order valence-corrected chi connectivity index (χ4v) is 1.62. The van der Waals surface area contributed by atoms with Gasteiger partial charge >= 0.3 is 0 Å². The number of hydrogen-bond acceptors (Lipinski definition) is 3. The van der Waals surface area contributed by atoms with E-state index >= 15 is 0 Å². The zero-order valence-electron chi connectivity index (χ0n) is 7.65. The van der Waals surface area contributed by atoms with Crippen molar-refractivity contribution in [3.05, 3.63) is 24.3 Å². The van der Waals surface area contributed by atoms with E-state index in [0.29, 0.717) is 17.3 Å². The summed E-state index contributed by atoms with van der Waals surface area (Å²) in [5.74, 6) is 0.588. The van der Waals surface area contributed by atoms with Crippen LogP contribution in [0.4, 0.5) is 0 Å². The average molecular weight is 200 g/mol. The van der Waals surface area contributed by atoms with Gasteiger partial charge < -0.3 is 4.74 Å². The maximum Gasteiger partial charge on any atom is 0.175 e. The minimum atomic E-state index is -3.12. The smallest absolute Gasteiger partial charge is 0.175 e. The molecule has 13 heavy (non-hydrogen) atoms. The molecule has 72 valence electrons. The number of benzene rings is 1. The van der Waals surface area contributed by atoms with E-state index in [1.54, 1.807) is 18.2 Å². The molecule has 0 aliphatic carbocycles. The quantitative estimate of drug-likeness (QED) is 0.742. The lowest BCUT2D eigenvalue weighted by molar-refractivity contribution is 0.339. The van der Waals surface area contributed by atoms with E-state index in [2.05, 4.69) is 0 Å². The predicted octanol–water partition coefficient (Wildman–Crippen LogP) is 1.49. The van der Waals surface area contributed by atoms with Gasteiger partial charge in [0.2, 0.25) is 0 Å². The molecule has 0 unspecified atom stereocenters. The maximum absolute atomic E-state index is 11.1. The Morgan fingerprint density at radius 3 is 2.62 bits per heavy atom. The molecular formula is C9H12O3S. The molecule has 0 aliphatic heterocycles. The van der Waals surface area contributed by atoms with Gasteiger partial charge in [0.15, 0.2) is 9.84 Å². The molecule has 0 aromatic heterocycles. The number of sulfone groups is 1. The van der Waals surface area contributed by atoms with Crippen LogP contribution in [-0.4, -0.2) is 21.3 Å². The van der Waals surface area contributed by atoms with Crippen LogP contribution in [-0.2, 0) is 9.84 Å². The van der Waals surface area contributed by atoms with Crippen LogP contribution in [0.1, 0.15) is 6.92 Å². The minimum absolute atomic E-state index is 0.290. The summed E-state index contributed by atoms with van der Waals surface area (Å²) < 4.78 is 27.4. The number of rotatable bonds is 3. The van der Waals surface area contributed by atoms with E-state index in [4.69, 9.17) is 4.74 Å². The van der Waals surface area contributed by atoms with E-state index in [-0.39, 0.29) is 0 Å². The summed E-state index contributed by atoms with van der Waals surface area (Å²) in [5, 5.41) is 0. The van der Waals surface area contributed by atoms with Crippen molar-refractivity contribution in [2.24, 2.45) is 0 Å². The van der Waals surface area contributed by atoms with Crippen LogP contribution in [0.25, 0.3) is 0 Å². The highest BCUT2D eigenvalue weighted by atomic mass is 32.2. The van der Waals surface area contributed by atoms with Crippen molar-refractivity contribution in [3.63, 3.8) is 0 Å². The molecule has 0 N–H and O–H groups in total. The average Bonchev–Trinajstić information content (AvgIpc) is 2.04. The van der Waals surface area contributed by atoms with E-state index in [1.165, 1.54) is 12.3 Å². The molecule has 0 bridgehead atoms.